The Morgan fingerprint density at radius 3 is 2.72 bits per heavy atom. The Labute approximate surface area is 110 Å². The number of aryl methyl sites for hydroxylation is 1. The summed E-state index contributed by atoms with van der Waals surface area (Å²) >= 11 is 3.22. The quantitative estimate of drug-likeness (QED) is 0.843. The van der Waals surface area contributed by atoms with Crippen molar-refractivity contribution in [3.63, 3.8) is 0 Å². The van der Waals surface area contributed by atoms with E-state index in [1.807, 2.05) is 0 Å². The summed E-state index contributed by atoms with van der Waals surface area (Å²) in [6, 6.07) is 5.67. The number of hydrogen-bond acceptors (Lipinski definition) is 2. The number of aromatic nitrogens is 2. The molecule has 0 atom stereocenters. The van der Waals surface area contributed by atoms with E-state index in [1.54, 1.807) is 12.1 Å². The maximum Gasteiger partial charge on any atom is 0.331 e. The van der Waals surface area contributed by atoms with E-state index in [1.165, 1.54) is 29.9 Å². The monoisotopic (exact) mass is 312 g/mol. The van der Waals surface area contributed by atoms with Gasteiger partial charge in [-0.2, -0.15) is 0 Å². The molecule has 0 N–H and O–H groups in total. The van der Waals surface area contributed by atoms with Crippen LogP contribution < -0.4 is 11.2 Å². The van der Waals surface area contributed by atoms with Gasteiger partial charge in [-0.25, -0.2) is 9.18 Å². The molecule has 1 heterocycles. The summed E-state index contributed by atoms with van der Waals surface area (Å²) < 4.78 is 16.5. The summed E-state index contributed by atoms with van der Waals surface area (Å²) in [6.07, 6.45) is 1.39. The lowest BCUT2D eigenvalue weighted by Gasteiger charge is -2.07. The van der Waals surface area contributed by atoms with Crippen molar-refractivity contribution < 1.29 is 4.39 Å². The smallest absolute Gasteiger partial charge is 0.303 e. The molecule has 0 unspecified atom stereocenters. The van der Waals surface area contributed by atoms with E-state index in [-0.39, 0.29) is 12.1 Å². The van der Waals surface area contributed by atoms with Crippen molar-refractivity contribution in [1.29, 1.82) is 0 Å². The molecule has 0 aliphatic heterocycles. The van der Waals surface area contributed by atoms with E-state index in [0.717, 1.165) is 4.57 Å². The van der Waals surface area contributed by atoms with E-state index in [4.69, 9.17) is 0 Å². The fourth-order valence-electron chi connectivity index (χ4n) is 1.59. The van der Waals surface area contributed by atoms with Gasteiger partial charge in [0.25, 0.3) is 5.56 Å². The molecule has 0 aliphatic carbocycles. The zero-order valence-electron chi connectivity index (χ0n) is 9.56. The van der Waals surface area contributed by atoms with Gasteiger partial charge in [-0.3, -0.25) is 9.36 Å². The third-order valence-corrected chi connectivity index (χ3v) is 3.07. The molecular weight excluding hydrogens is 303 g/mol. The lowest BCUT2D eigenvalue weighted by molar-refractivity contribution is 0.577. The van der Waals surface area contributed by atoms with Crippen LogP contribution in [0.1, 0.15) is 5.56 Å². The lowest BCUT2D eigenvalue weighted by Crippen LogP contribution is -2.38. The van der Waals surface area contributed by atoms with Gasteiger partial charge < -0.3 is 4.57 Å². The van der Waals surface area contributed by atoms with Gasteiger partial charge in [0.2, 0.25) is 0 Å². The summed E-state index contributed by atoms with van der Waals surface area (Å²) in [6.45, 7) is -0.0857. The van der Waals surface area contributed by atoms with Crippen LogP contribution in [0.2, 0.25) is 0 Å². The Balaban J connectivity index is 2.53. The maximum atomic E-state index is 13.6. The third kappa shape index (κ3) is 2.43. The normalized spacial score (nSPS) is 10.6. The highest BCUT2D eigenvalue weighted by Crippen LogP contribution is 2.15. The van der Waals surface area contributed by atoms with Gasteiger partial charge in [-0.15, -0.1) is 0 Å². The zero-order chi connectivity index (χ0) is 13.3. The van der Waals surface area contributed by atoms with Crippen LogP contribution in [-0.4, -0.2) is 9.13 Å². The van der Waals surface area contributed by atoms with Crippen molar-refractivity contribution in [2.24, 2.45) is 7.05 Å². The van der Waals surface area contributed by atoms with Crippen LogP contribution in [0, 0.1) is 5.82 Å². The van der Waals surface area contributed by atoms with Gasteiger partial charge in [-0.1, -0.05) is 15.9 Å². The number of benzene rings is 1. The number of hydrogen-bond donors (Lipinski definition) is 0. The molecule has 4 nitrogen and oxygen atoms in total. The Bertz CT molecular complexity index is 706. The van der Waals surface area contributed by atoms with Crippen LogP contribution in [0.25, 0.3) is 0 Å². The highest BCUT2D eigenvalue weighted by Gasteiger charge is 2.08. The summed E-state index contributed by atoms with van der Waals surface area (Å²) in [5.41, 5.74) is -0.630. The average molecular weight is 313 g/mol. The minimum absolute atomic E-state index is 0.0857. The molecule has 0 bridgehead atoms. The molecule has 0 saturated carbocycles. The Morgan fingerprint density at radius 2 is 2.00 bits per heavy atom. The topological polar surface area (TPSA) is 44.0 Å². The molecule has 18 heavy (non-hydrogen) atoms. The predicted octanol–water partition coefficient (Wildman–Crippen LogP) is 1.50. The predicted molar refractivity (Wildman–Crippen MR) is 69.1 cm³/mol. The zero-order valence-corrected chi connectivity index (χ0v) is 11.1. The first kappa shape index (κ1) is 12.8. The highest BCUT2D eigenvalue weighted by molar-refractivity contribution is 9.10. The molecule has 94 valence electrons. The molecule has 0 amide bonds. The lowest BCUT2D eigenvalue weighted by atomic mass is 10.2. The van der Waals surface area contributed by atoms with Gasteiger partial charge >= 0.3 is 5.69 Å². The van der Waals surface area contributed by atoms with Crippen molar-refractivity contribution in [1.82, 2.24) is 9.13 Å². The van der Waals surface area contributed by atoms with E-state index >= 15 is 0 Å². The molecule has 1 aromatic carbocycles. The first-order valence-corrected chi connectivity index (χ1v) is 5.99. The summed E-state index contributed by atoms with van der Waals surface area (Å²) in [7, 11) is 1.54. The Kier molecular flexibility index (Phi) is 3.47. The van der Waals surface area contributed by atoms with Crippen molar-refractivity contribution in [3.05, 3.63) is 67.2 Å². The maximum absolute atomic E-state index is 13.6. The standard InChI is InChI=1S/C12H10BrFN2O2/c1-15-5-4-11(17)16(12(15)18)7-8-6-9(13)2-3-10(8)14/h2-6H,7H2,1H3. The van der Waals surface area contributed by atoms with Gasteiger partial charge in [-0.05, 0) is 18.2 Å². The Hall–Kier alpha value is -1.69. The molecule has 0 spiro atoms. The first-order chi connectivity index (χ1) is 8.49. The number of nitrogens with zero attached hydrogens (tertiary/aromatic N) is 2. The van der Waals surface area contributed by atoms with Crippen LogP contribution in [-0.2, 0) is 13.6 Å². The van der Waals surface area contributed by atoms with E-state index in [2.05, 4.69) is 15.9 Å². The summed E-state index contributed by atoms with van der Waals surface area (Å²) in [5.74, 6) is -0.448. The SMILES string of the molecule is Cn1ccc(=O)n(Cc2cc(Br)ccc2F)c1=O. The van der Waals surface area contributed by atoms with Crippen LogP contribution in [0.5, 0.6) is 0 Å². The van der Waals surface area contributed by atoms with Crippen LogP contribution in [0.15, 0.2) is 44.5 Å². The van der Waals surface area contributed by atoms with E-state index in [0.29, 0.717) is 4.47 Å². The molecule has 1 aromatic heterocycles. The minimum Gasteiger partial charge on any atom is -0.303 e. The third-order valence-electron chi connectivity index (χ3n) is 2.58. The Morgan fingerprint density at radius 1 is 1.28 bits per heavy atom. The van der Waals surface area contributed by atoms with Crippen molar-refractivity contribution in [2.45, 2.75) is 6.54 Å². The van der Waals surface area contributed by atoms with Crippen molar-refractivity contribution >= 4 is 15.9 Å². The highest BCUT2D eigenvalue weighted by atomic mass is 79.9. The fraction of sp³-hybridized carbons (Fsp3) is 0.167. The van der Waals surface area contributed by atoms with Gasteiger partial charge in [0, 0.05) is 29.3 Å². The molecule has 0 saturated heterocycles. The van der Waals surface area contributed by atoms with Gasteiger partial charge in [0.05, 0.1) is 6.54 Å². The van der Waals surface area contributed by atoms with Gasteiger partial charge in [0.15, 0.2) is 0 Å². The van der Waals surface area contributed by atoms with Gasteiger partial charge in [0.1, 0.15) is 5.82 Å². The molecule has 0 aliphatic rings. The molecule has 0 fully saturated rings. The average Bonchev–Trinajstić information content (AvgIpc) is 2.34. The molecule has 0 radical (unpaired) electrons. The summed E-state index contributed by atoms with van der Waals surface area (Å²) in [4.78, 5) is 23.4. The second-order valence-electron chi connectivity index (χ2n) is 3.87. The largest absolute Gasteiger partial charge is 0.331 e. The molecule has 2 aromatic rings. The van der Waals surface area contributed by atoms with E-state index < -0.39 is 17.1 Å². The first-order valence-electron chi connectivity index (χ1n) is 5.19. The molecule has 6 heteroatoms. The fourth-order valence-corrected chi connectivity index (χ4v) is 2.00. The van der Waals surface area contributed by atoms with Crippen molar-refractivity contribution in [3.8, 4) is 0 Å². The second-order valence-corrected chi connectivity index (χ2v) is 4.79. The van der Waals surface area contributed by atoms with Crippen molar-refractivity contribution in [2.75, 3.05) is 0 Å². The number of rotatable bonds is 2. The van der Waals surface area contributed by atoms with Crippen LogP contribution in [0.4, 0.5) is 4.39 Å². The van der Waals surface area contributed by atoms with E-state index in [9.17, 15) is 14.0 Å². The molecular formula is C12H10BrFN2O2. The minimum atomic E-state index is -0.470. The summed E-state index contributed by atoms with van der Waals surface area (Å²) in [5, 5.41) is 0. The molecule has 2 rings (SSSR count). The number of halogens is 2. The van der Waals surface area contributed by atoms with Crippen LogP contribution >= 0.6 is 15.9 Å². The second kappa shape index (κ2) is 4.89. The van der Waals surface area contributed by atoms with Crippen LogP contribution in [0.3, 0.4) is 0 Å².